The van der Waals surface area contributed by atoms with Crippen LogP contribution < -0.4 is 4.74 Å². The lowest BCUT2D eigenvalue weighted by Crippen LogP contribution is -2.28. The molecule has 0 spiro atoms. The second-order valence-electron chi connectivity index (χ2n) is 6.69. The first-order valence-corrected chi connectivity index (χ1v) is 8.96. The van der Waals surface area contributed by atoms with Crippen LogP contribution in [0, 0.1) is 5.82 Å². The Balaban J connectivity index is 1.56. The number of halogens is 1. The standard InChI is InChI=1S/C23H22FNO/c1-26-23-11-8-19-4-2-3-5-21(19)22(23)16-25-14-12-18(13-15-25)17-6-9-20(24)10-7-17/h2-12H,13-16H2,1H3. The molecule has 0 amide bonds. The maximum Gasteiger partial charge on any atom is 0.123 e. The molecular weight excluding hydrogens is 325 g/mol. The van der Waals surface area contributed by atoms with Crippen molar-refractivity contribution >= 4 is 16.3 Å². The predicted molar refractivity (Wildman–Crippen MR) is 105 cm³/mol. The van der Waals surface area contributed by atoms with Crippen LogP contribution in [-0.4, -0.2) is 25.1 Å². The Morgan fingerprint density at radius 1 is 1.00 bits per heavy atom. The van der Waals surface area contributed by atoms with Gasteiger partial charge in [0.2, 0.25) is 0 Å². The van der Waals surface area contributed by atoms with Crippen LogP contribution in [0.3, 0.4) is 0 Å². The minimum Gasteiger partial charge on any atom is -0.496 e. The van der Waals surface area contributed by atoms with Crippen LogP contribution >= 0.6 is 0 Å². The molecule has 3 aromatic carbocycles. The quantitative estimate of drug-likeness (QED) is 0.637. The van der Waals surface area contributed by atoms with Gasteiger partial charge in [-0.1, -0.05) is 48.5 Å². The molecule has 0 aromatic heterocycles. The van der Waals surface area contributed by atoms with Crippen LogP contribution in [0.1, 0.15) is 17.5 Å². The summed E-state index contributed by atoms with van der Waals surface area (Å²) >= 11 is 0. The molecule has 1 aliphatic rings. The third kappa shape index (κ3) is 3.35. The summed E-state index contributed by atoms with van der Waals surface area (Å²) in [7, 11) is 1.73. The van der Waals surface area contributed by atoms with E-state index in [1.807, 2.05) is 12.1 Å². The van der Waals surface area contributed by atoms with Crippen LogP contribution in [0.15, 0.2) is 66.7 Å². The van der Waals surface area contributed by atoms with E-state index in [1.54, 1.807) is 7.11 Å². The largest absolute Gasteiger partial charge is 0.496 e. The van der Waals surface area contributed by atoms with E-state index in [9.17, 15) is 4.39 Å². The summed E-state index contributed by atoms with van der Waals surface area (Å²) in [5.74, 6) is 0.756. The van der Waals surface area contributed by atoms with E-state index in [2.05, 4.69) is 47.4 Å². The van der Waals surface area contributed by atoms with Crippen molar-refractivity contribution in [2.45, 2.75) is 13.0 Å². The molecule has 0 bridgehead atoms. The molecule has 1 heterocycles. The lowest BCUT2D eigenvalue weighted by Gasteiger charge is -2.27. The van der Waals surface area contributed by atoms with E-state index in [0.717, 1.165) is 37.4 Å². The number of benzene rings is 3. The molecule has 0 fully saturated rings. The molecule has 0 aliphatic carbocycles. The summed E-state index contributed by atoms with van der Waals surface area (Å²) in [6, 6.07) is 19.4. The SMILES string of the molecule is COc1ccc2ccccc2c1CN1CC=C(c2ccc(F)cc2)CC1. The summed E-state index contributed by atoms with van der Waals surface area (Å²) < 4.78 is 18.7. The fourth-order valence-electron chi connectivity index (χ4n) is 3.67. The number of fused-ring (bicyclic) bond motifs is 1. The van der Waals surface area contributed by atoms with Crippen molar-refractivity contribution in [3.8, 4) is 5.75 Å². The second-order valence-corrected chi connectivity index (χ2v) is 6.69. The van der Waals surface area contributed by atoms with Gasteiger partial charge in [-0.05, 0) is 46.5 Å². The third-order valence-electron chi connectivity index (χ3n) is 5.11. The van der Waals surface area contributed by atoms with Crippen LogP contribution in [-0.2, 0) is 6.54 Å². The van der Waals surface area contributed by atoms with E-state index >= 15 is 0 Å². The minimum atomic E-state index is -0.185. The number of hydrogen-bond acceptors (Lipinski definition) is 2. The number of methoxy groups -OCH3 is 1. The Hall–Kier alpha value is -2.65. The van der Waals surface area contributed by atoms with Crippen LogP contribution in [0.5, 0.6) is 5.75 Å². The Labute approximate surface area is 153 Å². The van der Waals surface area contributed by atoms with Gasteiger partial charge in [0.05, 0.1) is 7.11 Å². The van der Waals surface area contributed by atoms with Gasteiger partial charge in [0, 0.05) is 25.2 Å². The number of nitrogens with zero attached hydrogens (tertiary/aromatic N) is 1. The van der Waals surface area contributed by atoms with Crippen molar-refractivity contribution < 1.29 is 9.13 Å². The fraction of sp³-hybridized carbons (Fsp3) is 0.217. The summed E-state index contributed by atoms with van der Waals surface area (Å²) in [5, 5.41) is 2.49. The van der Waals surface area contributed by atoms with E-state index in [-0.39, 0.29) is 5.82 Å². The zero-order valence-corrected chi connectivity index (χ0v) is 14.9. The molecule has 3 heteroatoms. The first-order chi connectivity index (χ1) is 12.7. The Morgan fingerprint density at radius 2 is 1.81 bits per heavy atom. The van der Waals surface area contributed by atoms with Gasteiger partial charge in [0.15, 0.2) is 0 Å². The van der Waals surface area contributed by atoms with Crippen LogP contribution in [0.2, 0.25) is 0 Å². The molecule has 0 saturated heterocycles. The minimum absolute atomic E-state index is 0.185. The molecule has 0 saturated carbocycles. The van der Waals surface area contributed by atoms with Gasteiger partial charge < -0.3 is 4.74 Å². The average Bonchev–Trinajstić information content (AvgIpc) is 2.69. The van der Waals surface area contributed by atoms with Gasteiger partial charge in [0.25, 0.3) is 0 Å². The molecule has 0 N–H and O–H groups in total. The summed E-state index contributed by atoms with van der Waals surface area (Å²) in [6.07, 6.45) is 3.23. The van der Waals surface area contributed by atoms with Crippen molar-refractivity contribution in [1.29, 1.82) is 0 Å². The molecule has 0 atom stereocenters. The van der Waals surface area contributed by atoms with Crippen molar-refractivity contribution in [3.05, 3.63) is 83.7 Å². The third-order valence-corrected chi connectivity index (χ3v) is 5.11. The maximum absolute atomic E-state index is 13.1. The Morgan fingerprint density at radius 3 is 2.54 bits per heavy atom. The normalized spacial score (nSPS) is 15.1. The molecule has 26 heavy (non-hydrogen) atoms. The van der Waals surface area contributed by atoms with Gasteiger partial charge in [-0.15, -0.1) is 0 Å². The number of rotatable bonds is 4. The number of hydrogen-bond donors (Lipinski definition) is 0. The van der Waals surface area contributed by atoms with Gasteiger partial charge in [-0.25, -0.2) is 4.39 Å². The lowest BCUT2D eigenvalue weighted by atomic mass is 9.98. The molecule has 2 nitrogen and oxygen atoms in total. The molecular formula is C23H22FNO. The highest BCUT2D eigenvalue weighted by atomic mass is 19.1. The van der Waals surface area contributed by atoms with E-state index in [1.165, 1.54) is 34.0 Å². The van der Waals surface area contributed by atoms with E-state index in [0.29, 0.717) is 0 Å². The number of ether oxygens (including phenoxy) is 1. The summed E-state index contributed by atoms with van der Waals surface area (Å²) in [4.78, 5) is 2.43. The van der Waals surface area contributed by atoms with Crippen molar-refractivity contribution in [1.82, 2.24) is 4.90 Å². The highest BCUT2D eigenvalue weighted by molar-refractivity contribution is 5.87. The average molecular weight is 347 g/mol. The van der Waals surface area contributed by atoms with Crippen LogP contribution in [0.4, 0.5) is 4.39 Å². The monoisotopic (exact) mass is 347 g/mol. The van der Waals surface area contributed by atoms with Crippen molar-refractivity contribution in [3.63, 3.8) is 0 Å². The topological polar surface area (TPSA) is 12.5 Å². The first kappa shape index (κ1) is 16.8. The molecule has 4 rings (SSSR count). The molecule has 0 unspecified atom stereocenters. The Bertz CT molecular complexity index is 946. The van der Waals surface area contributed by atoms with Gasteiger partial charge >= 0.3 is 0 Å². The lowest BCUT2D eigenvalue weighted by molar-refractivity contribution is 0.289. The van der Waals surface area contributed by atoms with E-state index in [4.69, 9.17) is 4.74 Å². The fourth-order valence-corrected chi connectivity index (χ4v) is 3.67. The van der Waals surface area contributed by atoms with E-state index < -0.39 is 0 Å². The van der Waals surface area contributed by atoms with Gasteiger partial charge in [0.1, 0.15) is 11.6 Å². The highest BCUT2D eigenvalue weighted by Gasteiger charge is 2.16. The van der Waals surface area contributed by atoms with Crippen molar-refractivity contribution in [2.75, 3.05) is 20.2 Å². The summed E-state index contributed by atoms with van der Waals surface area (Å²) in [6.45, 7) is 2.73. The molecule has 3 aromatic rings. The predicted octanol–water partition coefficient (Wildman–Crippen LogP) is 5.28. The zero-order chi connectivity index (χ0) is 17.9. The van der Waals surface area contributed by atoms with Gasteiger partial charge in [-0.2, -0.15) is 0 Å². The maximum atomic E-state index is 13.1. The Kier molecular flexibility index (Phi) is 4.72. The molecule has 1 aliphatic heterocycles. The second kappa shape index (κ2) is 7.30. The van der Waals surface area contributed by atoms with Gasteiger partial charge in [-0.3, -0.25) is 4.90 Å². The van der Waals surface area contributed by atoms with Crippen molar-refractivity contribution in [2.24, 2.45) is 0 Å². The first-order valence-electron chi connectivity index (χ1n) is 8.96. The molecule has 132 valence electrons. The summed E-state index contributed by atoms with van der Waals surface area (Å²) in [5.41, 5.74) is 3.66. The zero-order valence-electron chi connectivity index (χ0n) is 14.9. The van der Waals surface area contributed by atoms with Crippen LogP contribution in [0.25, 0.3) is 16.3 Å². The smallest absolute Gasteiger partial charge is 0.123 e. The molecule has 0 radical (unpaired) electrons. The highest BCUT2D eigenvalue weighted by Crippen LogP contribution is 2.31.